The Bertz CT molecular complexity index is 1660. The Labute approximate surface area is 280 Å². The molecule has 1 aliphatic heterocycles. The average Bonchev–Trinajstić information content (AvgIpc) is 3.26. The van der Waals surface area contributed by atoms with Crippen molar-refractivity contribution in [3.05, 3.63) is 76.8 Å². The quantitative estimate of drug-likeness (QED) is 0.0993. The number of amides is 2. The van der Waals surface area contributed by atoms with E-state index in [0.717, 1.165) is 17.0 Å². The number of ketones is 1. The molecule has 10 nitrogen and oxygen atoms in total. The number of nitrogens with one attached hydrogen (secondary N) is 2. The van der Waals surface area contributed by atoms with E-state index < -0.39 is 17.4 Å². The van der Waals surface area contributed by atoms with Gasteiger partial charge in [-0.15, -0.1) is 0 Å². The van der Waals surface area contributed by atoms with Gasteiger partial charge in [-0.3, -0.25) is 19.2 Å². The molecule has 2 aromatic carbocycles. The highest BCUT2D eigenvalue weighted by molar-refractivity contribution is 6.40. The normalized spacial score (nSPS) is 16.4. The van der Waals surface area contributed by atoms with Crippen LogP contribution < -0.4 is 15.4 Å². The summed E-state index contributed by atoms with van der Waals surface area (Å²) in [6.45, 7) is 6.64. The second-order valence-corrected chi connectivity index (χ2v) is 12.6. The van der Waals surface area contributed by atoms with Crippen molar-refractivity contribution < 1.29 is 43.1 Å². The Morgan fingerprint density at radius 2 is 1.73 bits per heavy atom. The molecule has 0 saturated carbocycles. The van der Waals surface area contributed by atoms with Gasteiger partial charge in [0, 0.05) is 43.5 Å². The van der Waals surface area contributed by atoms with E-state index in [0.29, 0.717) is 62.9 Å². The van der Waals surface area contributed by atoms with Gasteiger partial charge in [-0.1, -0.05) is 19.1 Å². The van der Waals surface area contributed by atoms with Gasteiger partial charge in [0.2, 0.25) is 23.3 Å². The number of ether oxygens (including phenoxy) is 1. The molecule has 1 unspecified atom stereocenters. The minimum Gasteiger partial charge on any atom is -0.506 e. The van der Waals surface area contributed by atoms with Gasteiger partial charge in [0.15, 0.2) is 5.71 Å². The van der Waals surface area contributed by atoms with Crippen molar-refractivity contribution in [1.82, 2.24) is 10.6 Å². The first-order chi connectivity index (χ1) is 22.9. The number of methoxy groups -OCH3 is 1. The highest BCUT2D eigenvalue weighted by atomic mass is 19.1. The number of aliphatic hydroxyl groups excluding tert-OH is 1. The molecule has 1 atom stereocenters. The summed E-state index contributed by atoms with van der Waals surface area (Å²) >= 11 is 0. The number of allylic oxidation sites excluding steroid dienone is 3. The Kier molecular flexibility index (Phi) is 11.9. The van der Waals surface area contributed by atoms with Crippen LogP contribution in [0.2, 0.25) is 0 Å². The van der Waals surface area contributed by atoms with E-state index in [2.05, 4.69) is 15.2 Å². The zero-order chi connectivity index (χ0) is 35.0. The molecule has 4 N–H and O–H groups in total. The summed E-state index contributed by atoms with van der Waals surface area (Å²) in [4.78, 5) is 49.0. The molecule has 0 spiro atoms. The number of fused-ring (bicyclic) bond motifs is 1. The predicted octanol–water partition coefficient (Wildman–Crippen LogP) is 5.52. The number of carbonyl (C=O) groups is 4. The number of aliphatic hydroxyl groups is 1. The zero-order valence-electron chi connectivity index (χ0n) is 28.0. The van der Waals surface area contributed by atoms with Crippen LogP contribution in [0, 0.1) is 5.82 Å². The zero-order valence-corrected chi connectivity index (χ0v) is 28.0. The first-order valence-electron chi connectivity index (χ1n) is 16.5. The SMILES string of the molecule is CCC(NC(=O)CCCCC[N+]1=C(C=C2C(=O)C(c3ccc(OC)cc3)=C2O)C(C)(C)c2cc(F)ccc21)C(=O)NCCCCC(=O)O. The molecule has 0 fully saturated rings. The number of rotatable bonds is 17. The van der Waals surface area contributed by atoms with Crippen molar-refractivity contribution >= 4 is 40.5 Å². The number of benzene rings is 2. The molecule has 0 aromatic heterocycles. The molecular weight excluding hydrogens is 617 g/mol. The van der Waals surface area contributed by atoms with Crippen LogP contribution in [0.15, 0.2) is 59.9 Å². The topological polar surface area (TPSA) is 145 Å². The fraction of sp³-hybridized carbons (Fsp3) is 0.432. The lowest BCUT2D eigenvalue weighted by Gasteiger charge is -2.23. The van der Waals surface area contributed by atoms with Crippen molar-refractivity contribution in [1.29, 1.82) is 0 Å². The largest absolute Gasteiger partial charge is 0.506 e. The number of nitrogens with zero attached hydrogens (tertiary/aromatic N) is 1. The molecule has 11 heteroatoms. The van der Waals surface area contributed by atoms with Crippen molar-refractivity contribution in [2.75, 3.05) is 20.2 Å². The lowest BCUT2D eigenvalue weighted by Crippen LogP contribution is -2.46. The summed E-state index contributed by atoms with van der Waals surface area (Å²) in [5, 5.41) is 25.2. The lowest BCUT2D eigenvalue weighted by atomic mass is 9.77. The van der Waals surface area contributed by atoms with Crippen molar-refractivity contribution in [2.45, 2.75) is 83.6 Å². The number of unbranched alkanes of at least 4 members (excludes halogenated alkanes) is 3. The van der Waals surface area contributed by atoms with Crippen LogP contribution >= 0.6 is 0 Å². The first-order valence-corrected chi connectivity index (χ1v) is 16.5. The van der Waals surface area contributed by atoms with Crippen LogP contribution in [0.1, 0.15) is 83.3 Å². The molecular formula is C37H45FN3O7+. The van der Waals surface area contributed by atoms with E-state index in [4.69, 9.17) is 9.84 Å². The molecule has 48 heavy (non-hydrogen) atoms. The molecule has 2 amide bonds. The van der Waals surface area contributed by atoms with E-state index in [9.17, 15) is 28.7 Å². The second-order valence-electron chi connectivity index (χ2n) is 12.6. The number of hydrogen-bond donors (Lipinski definition) is 4. The van der Waals surface area contributed by atoms with Gasteiger partial charge in [-0.2, -0.15) is 4.58 Å². The number of aliphatic carboxylic acids is 1. The third kappa shape index (κ3) is 8.18. The maximum atomic E-state index is 14.4. The second kappa shape index (κ2) is 15.9. The van der Waals surface area contributed by atoms with Gasteiger partial charge in [0.25, 0.3) is 0 Å². The van der Waals surface area contributed by atoms with Crippen LogP contribution in [-0.2, 0) is 24.6 Å². The lowest BCUT2D eigenvalue weighted by molar-refractivity contribution is -0.438. The smallest absolute Gasteiger partial charge is 0.303 e. The molecule has 0 bridgehead atoms. The number of carboxylic acid groups (broad SMARTS) is 1. The molecule has 2 aliphatic rings. The number of carbonyl (C=O) groups excluding carboxylic acids is 3. The van der Waals surface area contributed by atoms with E-state index in [1.807, 2.05) is 20.8 Å². The summed E-state index contributed by atoms with van der Waals surface area (Å²) < 4.78 is 21.6. The molecule has 1 heterocycles. The Morgan fingerprint density at radius 1 is 1.02 bits per heavy atom. The summed E-state index contributed by atoms with van der Waals surface area (Å²) in [5.74, 6) is -1.45. The summed E-state index contributed by atoms with van der Waals surface area (Å²) in [7, 11) is 1.55. The Balaban J connectivity index is 1.39. The highest BCUT2D eigenvalue weighted by Gasteiger charge is 2.46. The van der Waals surface area contributed by atoms with Gasteiger partial charge in [-0.05, 0) is 75.8 Å². The fourth-order valence-corrected chi connectivity index (χ4v) is 6.15. The average molecular weight is 663 g/mol. The minimum absolute atomic E-state index is 0.0499. The van der Waals surface area contributed by atoms with E-state index in [1.54, 1.807) is 43.5 Å². The third-order valence-electron chi connectivity index (χ3n) is 8.94. The summed E-state index contributed by atoms with van der Waals surface area (Å²) in [6, 6.07) is 10.9. The number of carboxylic acids is 1. The molecule has 0 saturated heterocycles. The van der Waals surface area contributed by atoms with Gasteiger partial charge in [0.1, 0.15) is 29.9 Å². The minimum atomic E-state index is -0.872. The van der Waals surface area contributed by atoms with E-state index in [1.165, 1.54) is 12.1 Å². The highest BCUT2D eigenvalue weighted by Crippen LogP contribution is 2.43. The Hall–Kier alpha value is -4.80. The van der Waals surface area contributed by atoms with Crippen LogP contribution in [0.5, 0.6) is 5.75 Å². The van der Waals surface area contributed by atoms with Gasteiger partial charge in [0.05, 0.1) is 23.7 Å². The third-order valence-corrected chi connectivity index (χ3v) is 8.94. The van der Waals surface area contributed by atoms with Crippen molar-refractivity contribution in [2.24, 2.45) is 0 Å². The Morgan fingerprint density at radius 3 is 2.38 bits per heavy atom. The number of hydrogen-bond acceptors (Lipinski definition) is 6. The van der Waals surface area contributed by atoms with E-state index in [-0.39, 0.29) is 53.2 Å². The molecule has 4 rings (SSSR count). The number of Topliss-reactive ketones (excluding diaryl/α,β-unsaturated/α-hetero) is 1. The number of halogens is 1. The van der Waals surface area contributed by atoms with Crippen molar-refractivity contribution in [3.8, 4) is 5.75 Å². The van der Waals surface area contributed by atoms with Crippen LogP contribution in [-0.4, -0.2) is 70.3 Å². The summed E-state index contributed by atoms with van der Waals surface area (Å²) in [6.07, 6.45) is 5.46. The van der Waals surface area contributed by atoms with Crippen LogP contribution in [0.3, 0.4) is 0 Å². The summed E-state index contributed by atoms with van der Waals surface area (Å²) in [5.41, 5.74) is 2.77. The standard InChI is InChI=1S/C37H44FN3O7/c1-5-28(36(47)39-19-9-8-12-32(43)44)40-31(42)11-7-6-10-20-41-29-18-15-24(38)21-27(29)37(2,3)30(41)22-26-34(45)33(35(26)46)23-13-16-25(48-4)17-14-23/h13-18,21-22,28H,5-12,19-20H2,1-4H3,(H3-,39,40,42,43,44,45,46,47)/p+1. The first kappa shape index (κ1) is 36.0. The van der Waals surface area contributed by atoms with Crippen LogP contribution in [0.25, 0.3) is 5.57 Å². The van der Waals surface area contributed by atoms with Gasteiger partial charge >= 0.3 is 5.97 Å². The monoisotopic (exact) mass is 662 g/mol. The van der Waals surface area contributed by atoms with E-state index >= 15 is 0 Å². The van der Waals surface area contributed by atoms with Gasteiger partial charge < -0.3 is 25.6 Å². The maximum absolute atomic E-state index is 14.4. The predicted molar refractivity (Wildman–Crippen MR) is 180 cm³/mol. The molecule has 2 aromatic rings. The van der Waals surface area contributed by atoms with Crippen molar-refractivity contribution in [3.63, 3.8) is 0 Å². The fourth-order valence-electron chi connectivity index (χ4n) is 6.15. The van der Waals surface area contributed by atoms with Gasteiger partial charge in [-0.25, -0.2) is 4.39 Å². The molecule has 0 radical (unpaired) electrons. The van der Waals surface area contributed by atoms with Crippen LogP contribution in [0.4, 0.5) is 10.1 Å². The maximum Gasteiger partial charge on any atom is 0.303 e. The molecule has 1 aliphatic carbocycles. The molecule has 256 valence electrons.